The lowest BCUT2D eigenvalue weighted by molar-refractivity contribution is 0.619. The molecule has 9 aromatic carbocycles. The van der Waals surface area contributed by atoms with Crippen molar-refractivity contribution in [1.82, 2.24) is 4.98 Å². The smallest absolute Gasteiger partial charge is 0.227 e. The largest absolute Gasteiger partial charge is 0.456 e. The predicted octanol–water partition coefficient (Wildman–Crippen LogP) is 15.8. The van der Waals surface area contributed by atoms with Gasteiger partial charge in [0.1, 0.15) is 27.8 Å². The summed E-state index contributed by atoms with van der Waals surface area (Å²) in [6.45, 7) is 0. The van der Waals surface area contributed by atoms with Gasteiger partial charge in [0.15, 0.2) is 5.58 Å². The van der Waals surface area contributed by atoms with Gasteiger partial charge in [-0.2, -0.15) is 0 Å². The van der Waals surface area contributed by atoms with Gasteiger partial charge in [-0.05, 0) is 107 Å². The molecule has 0 atom stereocenters. The quantitative estimate of drug-likeness (QED) is 0.162. The number of aromatic nitrogens is 1. The molecule has 5 heteroatoms. The lowest BCUT2D eigenvalue weighted by Gasteiger charge is -2.26. The van der Waals surface area contributed by atoms with Gasteiger partial charge >= 0.3 is 0 Å². The van der Waals surface area contributed by atoms with E-state index in [4.69, 9.17) is 18.2 Å². The van der Waals surface area contributed by atoms with Gasteiger partial charge in [0.05, 0.1) is 5.39 Å². The summed E-state index contributed by atoms with van der Waals surface area (Å²) in [4.78, 5) is 7.23. The number of hydrogen-bond donors (Lipinski definition) is 0. The third-order valence-corrected chi connectivity index (χ3v) is 11.5. The van der Waals surface area contributed by atoms with E-state index in [0.29, 0.717) is 5.89 Å². The standard InChI is InChI=1S/C55H34N2O3/c1-3-11-35(12-4-1)39-15-9-16-43(33-39)57(42-28-23-37(24-29-42)44-18-10-19-46-45-17-7-8-20-48(45)59-54(44)46)41-26-21-36(22-27-41)40-25-30-47-51(34-40)58-49-31-32-50-53(52(47)49)56-55(60-50)38-13-5-2-6-14-38/h1-34H. The number of furan rings is 2. The van der Waals surface area contributed by atoms with E-state index in [-0.39, 0.29) is 0 Å². The van der Waals surface area contributed by atoms with Gasteiger partial charge in [-0.25, -0.2) is 4.98 Å². The summed E-state index contributed by atoms with van der Waals surface area (Å²) >= 11 is 0. The molecule has 0 saturated heterocycles. The van der Waals surface area contributed by atoms with Gasteiger partial charge < -0.3 is 18.2 Å². The highest BCUT2D eigenvalue weighted by Crippen LogP contribution is 2.42. The molecule has 0 bridgehead atoms. The monoisotopic (exact) mass is 770 g/mol. The molecule has 3 heterocycles. The minimum absolute atomic E-state index is 0.598. The minimum atomic E-state index is 0.598. The third-order valence-electron chi connectivity index (χ3n) is 11.5. The SMILES string of the molecule is c1ccc(-c2cccc(N(c3ccc(-c4ccc5c(c4)oc4ccc6oc(-c7ccccc7)nc6c45)cc3)c3ccc(-c4cccc5c4oc4ccccc45)cc3)c2)cc1. The highest BCUT2D eigenvalue weighted by atomic mass is 16.4. The predicted molar refractivity (Wildman–Crippen MR) is 245 cm³/mol. The van der Waals surface area contributed by atoms with E-state index in [1.54, 1.807) is 0 Å². The molecule has 0 spiro atoms. The van der Waals surface area contributed by atoms with Gasteiger partial charge in [0, 0.05) is 44.3 Å². The third kappa shape index (κ3) is 5.67. The van der Waals surface area contributed by atoms with Gasteiger partial charge in [-0.3, -0.25) is 0 Å². The first-order valence-electron chi connectivity index (χ1n) is 20.1. The zero-order chi connectivity index (χ0) is 39.6. The Hall–Kier alpha value is -8.15. The van der Waals surface area contributed by atoms with Gasteiger partial charge in [-0.15, -0.1) is 0 Å². The fourth-order valence-corrected chi connectivity index (χ4v) is 8.61. The van der Waals surface area contributed by atoms with Crippen molar-refractivity contribution in [2.24, 2.45) is 0 Å². The number of benzene rings is 9. The van der Waals surface area contributed by atoms with Crippen LogP contribution in [0.2, 0.25) is 0 Å². The number of rotatable bonds is 7. The molecule has 0 aliphatic heterocycles. The van der Waals surface area contributed by atoms with Crippen LogP contribution in [0.3, 0.4) is 0 Å². The second-order valence-corrected chi connectivity index (χ2v) is 15.1. The van der Waals surface area contributed by atoms with Crippen LogP contribution in [0.1, 0.15) is 0 Å². The molecule has 3 aromatic heterocycles. The Bertz CT molecular complexity index is 3530. The second kappa shape index (κ2) is 13.8. The van der Waals surface area contributed by atoms with E-state index in [1.807, 2.05) is 54.6 Å². The van der Waals surface area contributed by atoms with Crippen molar-refractivity contribution in [1.29, 1.82) is 0 Å². The summed E-state index contributed by atoms with van der Waals surface area (Å²) in [6.07, 6.45) is 0. The molecule has 12 rings (SSSR count). The number of anilines is 3. The summed E-state index contributed by atoms with van der Waals surface area (Å²) in [7, 11) is 0. The Balaban J connectivity index is 0.919. The van der Waals surface area contributed by atoms with E-state index in [0.717, 1.165) is 105 Å². The average Bonchev–Trinajstić information content (AvgIpc) is 4.04. The van der Waals surface area contributed by atoms with Gasteiger partial charge in [-0.1, -0.05) is 127 Å². The molecule has 0 aliphatic rings. The zero-order valence-corrected chi connectivity index (χ0v) is 32.2. The van der Waals surface area contributed by atoms with Crippen LogP contribution in [-0.2, 0) is 0 Å². The maximum absolute atomic E-state index is 6.45. The topological polar surface area (TPSA) is 55.6 Å². The lowest BCUT2D eigenvalue weighted by atomic mass is 10.0. The van der Waals surface area contributed by atoms with Crippen molar-refractivity contribution in [2.45, 2.75) is 0 Å². The molecule has 0 amide bonds. The van der Waals surface area contributed by atoms with E-state index in [1.165, 1.54) is 5.56 Å². The molecular weight excluding hydrogens is 737 g/mol. The molecule has 60 heavy (non-hydrogen) atoms. The van der Waals surface area contributed by atoms with E-state index >= 15 is 0 Å². The van der Waals surface area contributed by atoms with Crippen LogP contribution in [0.25, 0.3) is 99.8 Å². The maximum Gasteiger partial charge on any atom is 0.227 e. The van der Waals surface area contributed by atoms with Crippen LogP contribution >= 0.6 is 0 Å². The fraction of sp³-hybridized carbons (Fsp3) is 0. The van der Waals surface area contributed by atoms with E-state index < -0.39 is 0 Å². The summed E-state index contributed by atoms with van der Waals surface area (Å²) in [5.74, 6) is 0.598. The van der Waals surface area contributed by atoms with Crippen molar-refractivity contribution in [3.05, 3.63) is 206 Å². The van der Waals surface area contributed by atoms with Crippen molar-refractivity contribution < 1.29 is 13.3 Å². The Labute approximate surface area is 345 Å². The first kappa shape index (κ1) is 33.9. The second-order valence-electron chi connectivity index (χ2n) is 15.1. The van der Waals surface area contributed by atoms with Gasteiger partial charge in [0.25, 0.3) is 0 Å². The molecule has 5 nitrogen and oxygen atoms in total. The van der Waals surface area contributed by atoms with Crippen LogP contribution in [0.15, 0.2) is 220 Å². The van der Waals surface area contributed by atoms with Crippen molar-refractivity contribution in [3.8, 4) is 44.8 Å². The summed E-state index contributed by atoms with van der Waals surface area (Å²) in [6, 6.07) is 71.7. The summed E-state index contributed by atoms with van der Waals surface area (Å²) in [5.41, 5.74) is 15.7. The number of nitrogens with zero attached hydrogens (tertiary/aromatic N) is 2. The molecule has 0 saturated carbocycles. The van der Waals surface area contributed by atoms with Crippen LogP contribution < -0.4 is 4.90 Å². The fourth-order valence-electron chi connectivity index (χ4n) is 8.61. The van der Waals surface area contributed by atoms with Crippen molar-refractivity contribution >= 4 is 72.0 Å². The average molecular weight is 771 g/mol. The van der Waals surface area contributed by atoms with Crippen LogP contribution in [-0.4, -0.2) is 4.98 Å². The number of fused-ring (bicyclic) bond motifs is 8. The van der Waals surface area contributed by atoms with Crippen LogP contribution in [0.4, 0.5) is 17.1 Å². The Morgan fingerprint density at radius 3 is 1.75 bits per heavy atom. The minimum Gasteiger partial charge on any atom is -0.456 e. The van der Waals surface area contributed by atoms with E-state index in [2.05, 4.69) is 157 Å². The summed E-state index contributed by atoms with van der Waals surface area (Å²) < 4.78 is 19.0. The van der Waals surface area contributed by atoms with E-state index in [9.17, 15) is 0 Å². The van der Waals surface area contributed by atoms with Crippen LogP contribution in [0.5, 0.6) is 0 Å². The van der Waals surface area contributed by atoms with Crippen molar-refractivity contribution in [3.63, 3.8) is 0 Å². The van der Waals surface area contributed by atoms with Crippen LogP contribution in [0, 0.1) is 0 Å². The Kier molecular flexibility index (Phi) is 7.78. The number of hydrogen-bond acceptors (Lipinski definition) is 5. The normalized spacial score (nSPS) is 11.7. The lowest BCUT2D eigenvalue weighted by Crippen LogP contribution is -2.10. The number of para-hydroxylation sites is 2. The first-order chi connectivity index (χ1) is 29.7. The molecule has 0 fully saturated rings. The Morgan fingerprint density at radius 1 is 0.333 bits per heavy atom. The molecule has 0 aliphatic carbocycles. The summed E-state index contributed by atoms with van der Waals surface area (Å²) in [5, 5.41) is 4.22. The highest BCUT2D eigenvalue weighted by molar-refractivity contribution is 6.17. The number of oxazole rings is 1. The molecular formula is C55H34N2O3. The van der Waals surface area contributed by atoms with Crippen molar-refractivity contribution in [2.75, 3.05) is 4.90 Å². The Morgan fingerprint density at radius 2 is 0.950 bits per heavy atom. The first-order valence-corrected chi connectivity index (χ1v) is 20.1. The molecule has 282 valence electrons. The van der Waals surface area contributed by atoms with Gasteiger partial charge in [0.2, 0.25) is 5.89 Å². The zero-order valence-electron chi connectivity index (χ0n) is 32.2. The molecule has 0 radical (unpaired) electrons. The molecule has 0 unspecified atom stereocenters. The maximum atomic E-state index is 6.45. The highest BCUT2D eigenvalue weighted by Gasteiger charge is 2.19. The molecule has 0 N–H and O–H groups in total. The molecule has 12 aromatic rings.